The van der Waals surface area contributed by atoms with Crippen LogP contribution in [0.4, 0.5) is 5.82 Å². The first-order chi connectivity index (χ1) is 19.0. The molecule has 2 aliphatic heterocycles. The Morgan fingerprint density at radius 3 is 2.23 bits per heavy atom. The summed E-state index contributed by atoms with van der Waals surface area (Å²) in [6, 6.07) is 20.2. The number of piperazine rings is 1. The Morgan fingerprint density at radius 1 is 0.821 bits per heavy atom. The summed E-state index contributed by atoms with van der Waals surface area (Å²) in [5.41, 5.74) is 5.53. The number of ether oxygens (including phenoxy) is 1. The molecule has 2 aromatic carbocycles. The van der Waals surface area contributed by atoms with Crippen LogP contribution in [-0.4, -0.2) is 83.6 Å². The Balaban J connectivity index is 1.20. The highest BCUT2D eigenvalue weighted by Gasteiger charge is 2.29. The number of aromatic nitrogens is 2. The van der Waals surface area contributed by atoms with Crippen LogP contribution in [0.1, 0.15) is 26.3 Å². The van der Waals surface area contributed by atoms with Gasteiger partial charge in [-0.05, 0) is 36.8 Å². The van der Waals surface area contributed by atoms with Gasteiger partial charge in [0.25, 0.3) is 11.8 Å². The largest absolute Gasteiger partial charge is 0.378 e. The van der Waals surface area contributed by atoms with E-state index in [2.05, 4.69) is 51.7 Å². The van der Waals surface area contributed by atoms with E-state index >= 15 is 0 Å². The third kappa shape index (κ3) is 4.76. The van der Waals surface area contributed by atoms with Crippen molar-refractivity contribution in [3.63, 3.8) is 0 Å². The number of carbonyl (C=O) groups excluding carboxylic acids is 2. The van der Waals surface area contributed by atoms with E-state index in [4.69, 9.17) is 4.74 Å². The summed E-state index contributed by atoms with van der Waals surface area (Å²) in [7, 11) is 2.04. The van der Waals surface area contributed by atoms with Crippen LogP contribution in [-0.2, 0) is 11.8 Å². The van der Waals surface area contributed by atoms with Gasteiger partial charge in [-0.3, -0.25) is 9.59 Å². The van der Waals surface area contributed by atoms with Gasteiger partial charge in [0.05, 0.1) is 30.0 Å². The zero-order valence-corrected chi connectivity index (χ0v) is 22.5. The lowest BCUT2D eigenvalue weighted by molar-refractivity contribution is 0.0302. The van der Waals surface area contributed by atoms with E-state index in [9.17, 15) is 9.59 Å². The number of benzene rings is 2. The maximum atomic E-state index is 14.1. The number of hydrogen-bond donors (Lipinski definition) is 0. The second-order valence-electron chi connectivity index (χ2n) is 10.3. The van der Waals surface area contributed by atoms with Crippen molar-refractivity contribution in [2.75, 3.05) is 57.4 Å². The molecule has 8 heteroatoms. The first-order valence-electron chi connectivity index (χ1n) is 13.5. The van der Waals surface area contributed by atoms with Crippen LogP contribution in [0.5, 0.6) is 0 Å². The first-order valence-corrected chi connectivity index (χ1v) is 13.5. The van der Waals surface area contributed by atoms with Gasteiger partial charge in [-0.15, -0.1) is 0 Å². The number of amides is 2. The van der Waals surface area contributed by atoms with Crippen molar-refractivity contribution in [3.05, 3.63) is 83.6 Å². The third-order valence-electron chi connectivity index (χ3n) is 7.80. The van der Waals surface area contributed by atoms with Crippen molar-refractivity contribution in [3.8, 4) is 11.3 Å². The van der Waals surface area contributed by atoms with Crippen molar-refractivity contribution >= 4 is 28.5 Å². The van der Waals surface area contributed by atoms with E-state index in [1.165, 1.54) is 0 Å². The molecule has 2 aromatic heterocycles. The lowest BCUT2D eigenvalue weighted by Crippen LogP contribution is -2.49. The van der Waals surface area contributed by atoms with Crippen molar-refractivity contribution in [1.29, 1.82) is 0 Å². The predicted molar refractivity (Wildman–Crippen MR) is 152 cm³/mol. The lowest BCUT2D eigenvalue weighted by atomic mass is 10.0. The van der Waals surface area contributed by atoms with E-state index < -0.39 is 0 Å². The minimum Gasteiger partial charge on any atom is -0.378 e. The van der Waals surface area contributed by atoms with Crippen molar-refractivity contribution in [2.45, 2.75) is 6.92 Å². The molecule has 2 fully saturated rings. The molecule has 4 heterocycles. The molecule has 2 aliphatic rings. The summed E-state index contributed by atoms with van der Waals surface area (Å²) in [6.07, 6.45) is 1.66. The van der Waals surface area contributed by atoms with Gasteiger partial charge in [0.2, 0.25) is 0 Å². The zero-order valence-electron chi connectivity index (χ0n) is 22.5. The molecule has 2 saturated heterocycles. The summed E-state index contributed by atoms with van der Waals surface area (Å²) >= 11 is 0. The highest BCUT2D eigenvalue weighted by Crippen LogP contribution is 2.35. The molecular weight excluding hydrogens is 490 g/mol. The van der Waals surface area contributed by atoms with Crippen LogP contribution >= 0.6 is 0 Å². The van der Waals surface area contributed by atoms with Crippen LogP contribution in [0.2, 0.25) is 0 Å². The molecule has 0 radical (unpaired) electrons. The van der Waals surface area contributed by atoms with Gasteiger partial charge in [-0.25, -0.2) is 4.98 Å². The zero-order chi connectivity index (χ0) is 26.9. The number of hydrogen-bond acceptors (Lipinski definition) is 5. The Bertz CT molecular complexity index is 1500. The molecule has 4 aromatic rings. The van der Waals surface area contributed by atoms with Gasteiger partial charge < -0.3 is 24.0 Å². The van der Waals surface area contributed by atoms with E-state index in [0.717, 1.165) is 39.1 Å². The second-order valence-corrected chi connectivity index (χ2v) is 10.3. The summed E-state index contributed by atoms with van der Waals surface area (Å²) in [5.74, 6) is 0.878. The average Bonchev–Trinajstić information content (AvgIpc) is 3.28. The van der Waals surface area contributed by atoms with Crippen molar-refractivity contribution in [1.82, 2.24) is 19.4 Å². The van der Waals surface area contributed by atoms with E-state index in [1.54, 1.807) is 6.20 Å². The molecule has 39 heavy (non-hydrogen) atoms. The number of aryl methyl sites for hydroxylation is 2. The number of morpholine rings is 1. The Kier molecular flexibility index (Phi) is 6.79. The maximum Gasteiger partial charge on any atom is 0.256 e. The van der Waals surface area contributed by atoms with Gasteiger partial charge >= 0.3 is 0 Å². The molecular formula is C31H33N5O3. The van der Waals surface area contributed by atoms with Crippen molar-refractivity contribution in [2.24, 2.45) is 7.05 Å². The minimum atomic E-state index is -0.00712. The normalized spacial score (nSPS) is 16.1. The quantitative estimate of drug-likeness (QED) is 0.405. The molecule has 6 rings (SSSR count). The summed E-state index contributed by atoms with van der Waals surface area (Å²) < 4.78 is 7.49. The maximum absolute atomic E-state index is 14.1. The molecule has 0 spiro atoms. The molecule has 8 nitrogen and oxygen atoms in total. The number of anilines is 1. The number of rotatable bonds is 4. The molecule has 0 N–H and O–H groups in total. The molecule has 0 bridgehead atoms. The highest BCUT2D eigenvalue weighted by atomic mass is 16.5. The number of fused-ring (bicyclic) bond motifs is 1. The van der Waals surface area contributed by atoms with Crippen LogP contribution in [0, 0.1) is 6.92 Å². The molecule has 0 atom stereocenters. The molecule has 200 valence electrons. The predicted octanol–water partition coefficient (Wildman–Crippen LogP) is 3.98. The van der Waals surface area contributed by atoms with Gasteiger partial charge in [-0.2, -0.15) is 0 Å². The monoisotopic (exact) mass is 523 g/mol. The molecule has 2 amide bonds. The van der Waals surface area contributed by atoms with Crippen LogP contribution in [0.25, 0.3) is 22.2 Å². The summed E-state index contributed by atoms with van der Waals surface area (Å²) in [6.45, 7) is 7.00. The van der Waals surface area contributed by atoms with E-state index in [-0.39, 0.29) is 11.8 Å². The van der Waals surface area contributed by atoms with E-state index in [0.29, 0.717) is 58.0 Å². The average molecular weight is 524 g/mol. The highest BCUT2D eigenvalue weighted by molar-refractivity contribution is 6.13. The Labute approximate surface area is 228 Å². The molecule has 0 unspecified atom stereocenters. The summed E-state index contributed by atoms with van der Waals surface area (Å²) in [4.78, 5) is 37.4. The van der Waals surface area contributed by atoms with Gasteiger partial charge in [0.15, 0.2) is 0 Å². The van der Waals surface area contributed by atoms with Crippen LogP contribution in [0.3, 0.4) is 0 Å². The Morgan fingerprint density at radius 2 is 1.54 bits per heavy atom. The Hall–Kier alpha value is -4.17. The van der Waals surface area contributed by atoms with Crippen molar-refractivity contribution < 1.29 is 14.3 Å². The lowest BCUT2D eigenvalue weighted by Gasteiger charge is -2.35. The van der Waals surface area contributed by atoms with Gasteiger partial charge in [0.1, 0.15) is 5.82 Å². The smallest absolute Gasteiger partial charge is 0.256 e. The van der Waals surface area contributed by atoms with Gasteiger partial charge in [-0.1, -0.05) is 42.0 Å². The summed E-state index contributed by atoms with van der Waals surface area (Å²) in [5, 5.41) is 0.992. The van der Waals surface area contributed by atoms with Crippen LogP contribution < -0.4 is 4.90 Å². The molecule has 0 aliphatic carbocycles. The number of pyridine rings is 1. The topological polar surface area (TPSA) is 70.9 Å². The molecule has 0 saturated carbocycles. The second kappa shape index (κ2) is 10.5. The fraction of sp³-hybridized carbons (Fsp3) is 0.323. The number of carbonyl (C=O) groups is 2. The van der Waals surface area contributed by atoms with E-state index in [1.807, 2.05) is 47.2 Å². The standard InChI is InChI=1S/C31H33N5O3/c1-22-8-10-26-25(20-22)28(29(33(26)2)23-6-4-3-5-7-23)31(38)35-14-12-34(13-15-35)27-11-9-24(21-32-27)30(37)36-16-18-39-19-17-36/h3-11,20-21H,12-19H2,1-2H3. The minimum absolute atomic E-state index is 0.00712. The fourth-order valence-electron chi connectivity index (χ4n) is 5.65. The fourth-order valence-corrected chi connectivity index (χ4v) is 5.65. The number of nitrogens with zero attached hydrogens (tertiary/aromatic N) is 5. The first kappa shape index (κ1) is 25.1. The van der Waals surface area contributed by atoms with Crippen LogP contribution in [0.15, 0.2) is 66.9 Å². The third-order valence-corrected chi connectivity index (χ3v) is 7.80. The van der Waals surface area contributed by atoms with Gasteiger partial charge in [0, 0.05) is 63.4 Å². The SMILES string of the molecule is Cc1ccc2c(c1)c(C(=O)N1CCN(c3ccc(C(=O)N4CCOCC4)cn3)CC1)c(-c1ccccc1)n2C.